The van der Waals surface area contributed by atoms with Crippen molar-refractivity contribution < 1.29 is 4.74 Å². The Morgan fingerprint density at radius 2 is 2.33 bits per heavy atom. The summed E-state index contributed by atoms with van der Waals surface area (Å²) in [5, 5.41) is 0. The summed E-state index contributed by atoms with van der Waals surface area (Å²) in [6.07, 6.45) is 1.03. The smallest absolute Gasteiger partial charge is 0.123 e. The molecule has 1 aromatic carbocycles. The predicted octanol–water partition coefficient (Wildman–Crippen LogP) is 0.531. The molecule has 0 amide bonds. The van der Waals surface area contributed by atoms with Gasteiger partial charge in [-0.05, 0) is 23.8 Å². The lowest BCUT2D eigenvalue weighted by Crippen LogP contribution is -2.24. The van der Waals surface area contributed by atoms with Gasteiger partial charge in [-0.2, -0.15) is 0 Å². The third-order valence-corrected chi connectivity index (χ3v) is 2.09. The molecule has 3 nitrogen and oxygen atoms in total. The van der Waals surface area contributed by atoms with Gasteiger partial charge < -0.3 is 16.2 Å². The topological polar surface area (TPSA) is 61.3 Å². The molecule has 4 N–H and O–H groups in total. The van der Waals surface area contributed by atoms with E-state index in [4.69, 9.17) is 16.2 Å². The van der Waals surface area contributed by atoms with Crippen LogP contribution in [-0.2, 0) is 6.42 Å². The standard InChI is InChI=1S/C9H12N2O/c10-5-8-4-6-3-7(11)1-2-9(6)12-8/h1-3,8H,4-5,10-11H2. The number of hydrogen-bond acceptors (Lipinski definition) is 3. The highest BCUT2D eigenvalue weighted by Crippen LogP contribution is 2.29. The Hall–Kier alpha value is -1.22. The van der Waals surface area contributed by atoms with E-state index in [0.717, 1.165) is 17.9 Å². The van der Waals surface area contributed by atoms with Gasteiger partial charge in [-0.15, -0.1) is 0 Å². The largest absolute Gasteiger partial charge is 0.488 e. The summed E-state index contributed by atoms with van der Waals surface area (Å²) in [6, 6.07) is 5.70. The van der Waals surface area contributed by atoms with Crippen molar-refractivity contribution in [1.82, 2.24) is 0 Å². The monoisotopic (exact) mass is 164 g/mol. The minimum Gasteiger partial charge on any atom is -0.488 e. The van der Waals surface area contributed by atoms with E-state index >= 15 is 0 Å². The molecular formula is C9H12N2O. The van der Waals surface area contributed by atoms with E-state index in [1.54, 1.807) is 0 Å². The van der Waals surface area contributed by atoms with E-state index in [1.807, 2.05) is 18.2 Å². The van der Waals surface area contributed by atoms with Crippen molar-refractivity contribution in [2.24, 2.45) is 5.73 Å². The maximum Gasteiger partial charge on any atom is 0.123 e. The number of benzene rings is 1. The molecule has 0 spiro atoms. The van der Waals surface area contributed by atoms with Gasteiger partial charge in [0.05, 0.1) is 0 Å². The third-order valence-electron chi connectivity index (χ3n) is 2.09. The van der Waals surface area contributed by atoms with Crippen LogP contribution < -0.4 is 16.2 Å². The first-order valence-corrected chi connectivity index (χ1v) is 4.04. The molecule has 0 aliphatic carbocycles. The van der Waals surface area contributed by atoms with E-state index in [-0.39, 0.29) is 6.10 Å². The van der Waals surface area contributed by atoms with Crippen molar-refractivity contribution in [2.75, 3.05) is 12.3 Å². The van der Waals surface area contributed by atoms with Crippen molar-refractivity contribution in [1.29, 1.82) is 0 Å². The summed E-state index contributed by atoms with van der Waals surface area (Å²) >= 11 is 0. The summed E-state index contributed by atoms with van der Waals surface area (Å²) in [4.78, 5) is 0. The molecule has 3 heteroatoms. The molecule has 1 atom stereocenters. The minimum atomic E-state index is 0.141. The van der Waals surface area contributed by atoms with Crippen LogP contribution >= 0.6 is 0 Å². The number of ether oxygens (including phenoxy) is 1. The van der Waals surface area contributed by atoms with Gasteiger partial charge in [0.25, 0.3) is 0 Å². The summed E-state index contributed by atoms with van der Waals surface area (Å²) in [5.41, 5.74) is 13.1. The summed E-state index contributed by atoms with van der Waals surface area (Å²) in [6.45, 7) is 0.564. The molecule has 1 aliphatic rings. The molecule has 0 saturated carbocycles. The molecule has 0 saturated heterocycles. The van der Waals surface area contributed by atoms with Crippen LogP contribution in [0.2, 0.25) is 0 Å². The molecule has 1 unspecified atom stereocenters. The SMILES string of the molecule is NCC1Cc2cc(N)ccc2O1. The lowest BCUT2D eigenvalue weighted by atomic mass is 10.1. The van der Waals surface area contributed by atoms with Gasteiger partial charge >= 0.3 is 0 Å². The van der Waals surface area contributed by atoms with E-state index < -0.39 is 0 Å². The Morgan fingerprint density at radius 1 is 1.50 bits per heavy atom. The zero-order valence-electron chi connectivity index (χ0n) is 6.79. The Labute approximate surface area is 71.3 Å². The molecule has 0 aromatic heterocycles. The highest BCUT2D eigenvalue weighted by molar-refractivity contribution is 5.49. The number of fused-ring (bicyclic) bond motifs is 1. The van der Waals surface area contributed by atoms with E-state index in [0.29, 0.717) is 6.54 Å². The van der Waals surface area contributed by atoms with E-state index in [2.05, 4.69) is 0 Å². The van der Waals surface area contributed by atoms with Crippen molar-refractivity contribution in [3.05, 3.63) is 23.8 Å². The van der Waals surface area contributed by atoms with Gasteiger partial charge in [-0.3, -0.25) is 0 Å². The van der Waals surface area contributed by atoms with Gasteiger partial charge in [-0.1, -0.05) is 0 Å². The normalized spacial score (nSPS) is 20.2. The molecular weight excluding hydrogens is 152 g/mol. The maximum absolute atomic E-state index is 5.63. The average molecular weight is 164 g/mol. The lowest BCUT2D eigenvalue weighted by Gasteiger charge is -2.05. The summed E-state index contributed by atoms with van der Waals surface area (Å²) in [5.74, 6) is 0.930. The molecule has 2 rings (SSSR count). The van der Waals surface area contributed by atoms with Crippen LogP contribution in [0.3, 0.4) is 0 Å². The first-order valence-electron chi connectivity index (χ1n) is 4.04. The Kier molecular flexibility index (Phi) is 1.66. The Bertz CT molecular complexity index is 299. The predicted molar refractivity (Wildman–Crippen MR) is 48.0 cm³/mol. The second-order valence-corrected chi connectivity index (χ2v) is 3.05. The van der Waals surface area contributed by atoms with E-state index in [1.165, 1.54) is 5.56 Å². The molecule has 1 heterocycles. The number of anilines is 1. The van der Waals surface area contributed by atoms with Gasteiger partial charge in [0.15, 0.2) is 0 Å². The van der Waals surface area contributed by atoms with Crippen LogP contribution in [0, 0.1) is 0 Å². The second-order valence-electron chi connectivity index (χ2n) is 3.05. The Morgan fingerprint density at radius 3 is 3.08 bits per heavy atom. The van der Waals surface area contributed by atoms with Crippen molar-refractivity contribution in [3.8, 4) is 5.75 Å². The van der Waals surface area contributed by atoms with Crippen molar-refractivity contribution >= 4 is 5.69 Å². The zero-order chi connectivity index (χ0) is 8.55. The fourth-order valence-corrected chi connectivity index (χ4v) is 1.47. The maximum atomic E-state index is 5.63. The molecule has 0 bridgehead atoms. The number of rotatable bonds is 1. The van der Waals surface area contributed by atoms with Crippen molar-refractivity contribution in [3.63, 3.8) is 0 Å². The van der Waals surface area contributed by atoms with Crippen LogP contribution in [0.4, 0.5) is 5.69 Å². The number of nitrogen functional groups attached to an aromatic ring is 1. The molecule has 12 heavy (non-hydrogen) atoms. The molecule has 0 fully saturated rings. The third kappa shape index (κ3) is 1.12. The zero-order valence-corrected chi connectivity index (χ0v) is 6.79. The minimum absolute atomic E-state index is 0.141. The quantitative estimate of drug-likeness (QED) is 0.595. The van der Waals surface area contributed by atoms with Crippen LogP contribution in [0.5, 0.6) is 5.75 Å². The van der Waals surface area contributed by atoms with Gasteiger partial charge in [0.2, 0.25) is 0 Å². The highest BCUT2D eigenvalue weighted by atomic mass is 16.5. The van der Waals surface area contributed by atoms with Crippen LogP contribution in [-0.4, -0.2) is 12.6 Å². The second kappa shape index (κ2) is 2.68. The first kappa shape index (κ1) is 7.43. The summed E-state index contributed by atoms with van der Waals surface area (Å²) in [7, 11) is 0. The summed E-state index contributed by atoms with van der Waals surface area (Å²) < 4.78 is 5.53. The van der Waals surface area contributed by atoms with Gasteiger partial charge in [0, 0.05) is 18.7 Å². The van der Waals surface area contributed by atoms with E-state index in [9.17, 15) is 0 Å². The fourth-order valence-electron chi connectivity index (χ4n) is 1.47. The molecule has 1 aromatic rings. The van der Waals surface area contributed by atoms with Crippen LogP contribution in [0.25, 0.3) is 0 Å². The Balaban J connectivity index is 2.30. The van der Waals surface area contributed by atoms with Crippen molar-refractivity contribution in [2.45, 2.75) is 12.5 Å². The fraction of sp³-hybridized carbons (Fsp3) is 0.333. The molecule has 0 radical (unpaired) electrons. The lowest BCUT2D eigenvalue weighted by molar-refractivity contribution is 0.241. The van der Waals surface area contributed by atoms with Gasteiger partial charge in [0.1, 0.15) is 11.9 Å². The van der Waals surface area contributed by atoms with Crippen LogP contribution in [0.15, 0.2) is 18.2 Å². The molecule has 64 valence electrons. The number of nitrogens with two attached hydrogens (primary N) is 2. The van der Waals surface area contributed by atoms with Crippen LogP contribution in [0.1, 0.15) is 5.56 Å². The first-order chi connectivity index (χ1) is 5.79. The van der Waals surface area contributed by atoms with Gasteiger partial charge in [-0.25, -0.2) is 0 Å². The number of hydrogen-bond donors (Lipinski definition) is 2. The highest BCUT2D eigenvalue weighted by Gasteiger charge is 2.20. The average Bonchev–Trinajstić information content (AvgIpc) is 2.46. The molecule has 1 aliphatic heterocycles.